The van der Waals surface area contributed by atoms with Gasteiger partial charge in [0, 0.05) is 18.2 Å². The van der Waals surface area contributed by atoms with Gasteiger partial charge < -0.3 is 10.3 Å². The van der Waals surface area contributed by atoms with E-state index in [9.17, 15) is 8.42 Å². The minimum Gasteiger partial charge on any atom is -0.334 e. The molecule has 1 aromatic carbocycles. The second-order valence-corrected chi connectivity index (χ2v) is 6.22. The van der Waals surface area contributed by atoms with Crippen molar-refractivity contribution in [2.75, 3.05) is 12.8 Å². The molecule has 0 amide bonds. The predicted octanol–water partition coefficient (Wildman–Crippen LogP) is 1.03. The highest BCUT2D eigenvalue weighted by Gasteiger charge is 2.11. The summed E-state index contributed by atoms with van der Waals surface area (Å²) in [5, 5.41) is 3.84. The van der Waals surface area contributed by atoms with E-state index < -0.39 is 9.84 Å². The summed E-state index contributed by atoms with van der Waals surface area (Å²) in [7, 11) is -3.19. The molecule has 6 nitrogen and oxygen atoms in total. The van der Waals surface area contributed by atoms with Crippen LogP contribution in [0.25, 0.3) is 11.5 Å². The normalized spacial score (nSPS) is 11.7. The zero-order valence-electron chi connectivity index (χ0n) is 10.5. The number of hydrogen-bond acceptors (Lipinski definition) is 6. The van der Waals surface area contributed by atoms with Crippen LogP contribution in [0.3, 0.4) is 0 Å². The summed E-state index contributed by atoms with van der Waals surface area (Å²) in [4.78, 5) is 4.49. The van der Waals surface area contributed by atoms with Crippen LogP contribution in [0.4, 0.5) is 0 Å². The van der Waals surface area contributed by atoms with Crippen LogP contribution in [-0.2, 0) is 16.3 Å². The highest BCUT2D eigenvalue weighted by Crippen LogP contribution is 2.19. The Morgan fingerprint density at radius 1 is 1.26 bits per heavy atom. The number of nitrogens with two attached hydrogens (primary N) is 1. The maximum atomic E-state index is 11.3. The van der Waals surface area contributed by atoms with Crippen molar-refractivity contribution in [2.45, 2.75) is 17.7 Å². The monoisotopic (exact) mass is 281 g/mol. The Balaban J connectivity index is 2.20. The van der Waals surface area contributed by atoms with Crippen molar-refractivity contribution in [2.24, 2.45) is 5.73 Å². The molecule has 0 saturated carbocycles. The molecular formula is C12H15N3O3S. The van der Waals surface area contributed by atoms with Gasteiger partial charge in [0.2, 0.25) is 0 Å². The highest BCUT2D eigenvalue weighted by molar-refractivity contribution is 7.90. The Morgan fingerprint density at radius 3 is 2.53 bits per heavy atom. The molecule has 2 aromatic rings. The van der Waals surface area contributed by atoms with Gasteiger partial charge in [-0.1, -0.05) is 5.16 Å². The molecule has 19 heavy (non-hydrogen) atoms. The smallest absolute Gasteiger partial charge is 0.257 e. The molecule has 102 valence electrons. The SMILES string of the molecule is CS(=O)(=O)c1ccc(-c2nc(CCCN)no2)cc1. The molecule has 2 N–H and O–H groups in total. The first-order valence-electron chi connectivity index (χ1n) is 5.84. The molecule has 0 saturated heterocycles. The van der Waals surface area contributed by atoms with Crippen molar-refractivity contribution in [1.82, 2.24) is 10.1 Å². The van der Waals surface area contributed by atoms with Crippen molar-refractivity contribution in [3.05, 3.63) is 30.1 Å². The van der Waals surface area contributed by atoms with Crippen LogP contribution in [0.5, 0.6) is 0 Å². The van der Waals surface area contributed by atoms with E-state index in [4.69, 9.17) is 10.3 Å². The molecule has 0 aliphatic rings. The van der Waals surface area contributed by atoms with Gasteiger partial charge in [-0.2, -0.15) is 4.98 Å². The molecule has 1 aromatic heterocycles. The number of sulfone groups is 1. The van der Waals surface area contributed by atoms with E-state index in [2.05, 4.69) is 10.1 Å². The fourth-order valence-corrected chi connectivity index (χ4v) is 2.21. The molecule has 0 fully saturated rings. The third kappa shape index (κ3) is 3.39. The van der Waals surface area contributed by atoms with Crippen LogP contribution in [0.2, 0.25) is 0 Å². The average Bonchev–Trinajstić information content (AvgIpc) is 2.84. The van der Waals surface area contributed by atoms with Crippen LogP contribution in [0, 0.1) is 0 Å². The van der Waals surface area contributed by atoms with Gasteiger partial charge in [-0.25, -0.2) is 8.42 Å². The van der Waals surface area contributed by atoms with Crippen molar-refractivity contribution >= 4 is 9.84 Å². The lowest BCUT2D eigenvalue weighted by atomic mass is 10.2. The minimum absolute atomic E-state index is 0.263. The zero-order chi connectivity index (χ0) is 13.9. The van der Waals surface area contributed by atoms with Gasteiger partial charge in [-0.15, -0.1) is 0 Å². The van der Waals surface area contributed by atoms with Gasteiger partial charge in [0.05, 0.1) is 4.90 Å². The standard InChI is InChI=1S/C12H15N3O3S/c1-19(16,17)10-6-4-9(5-7-10)12-14-11(15-18-12)3-2-8-13/h4-7H,2-3,8,13H2,1H3. The fourth-order valence-electron chi connectivity index (χ4n) is 1.58. The summed E-state index contributed by atoms with van der Waals surface area (Å²) < 4.78 is 27.8. The Morgan fingerprint density at radius 2 is 1.95 bits per heavy atom. The number of nitrogens with zero attached hydrogens (tertiary/aromatic N) is 2. The van der Waals surface area contributed by atoms with E-state index in [0.717, 1.165) is 6.42 Å². The summed E-state index contributed by atoms with van der Waals surface area (Å²) in [6.45, 7) is 0.576. The molecule has 0 aliphatic carbocycles. The Kier molecular flexibility index (Phi) is 3.96. The van der Waals surface area contributed by atoms with E-state index in [1.165, 1.54) is 18.4 Å². The molecule has 0 atom stereocenters. The molecule has 0 spiro atoms. The van der Waals surface area contributed by atoms with Crippen LogP contribution in [-0.4, -0.2) is 31.4 Å². The Hall–Kier alpha value is -1.73. The zero-order valence-corrected chi connectivity index (χ0v) is 11.4. The number of hydrogen-bond donors (Lipinski definition) is 1. The van der Waals surface area contributed by atoms with Crippen LogP contribution in [0.1, 0.15) is 12.2 Å². The van der Waals surface area contributed by atoms with Crippen molar-refractivity contribution < 1.29 is 12.9 Å². The maximum Gasteiger partial charge on any atom is 0.257 e. The van der Waals surface area contributed by atoms with Gasteiger partial charge in [-0.3, -0.25) is 0 Å². The summed E-state index contributed by atoms with van der Waals surface area (Å²) in [6, 6.07) is 6.34. The molecule has 0 radical (unpaired) electrons. The first-order valence-corrected chi connectivity index (χ1v) is 7.73. The second kappa shape index (κ2) is 5.50. The Bertz CT molecular complexity index is 647. The van der Waals surface area contributed by atoms with E-state index >= 15 is 0 Å². The van der Waals surface area contributed by atoms with E-state index in [-0.39, 0.29) is 4.90 Å². The van der Waals surface area contributed by atoms with Crippen LogP contribution >= 0.6 is 0 Å². The van der Waals surface area contributed by atoms with Gasteiger partial charge in [0.25, 0.3) is 5.89 Å². The summed E-state index contributed by atoms with van der Waals surface area (Å²) in [5.74, 6) is 0.986. The number of aryl methyl sites for hydroxylation is 1. The molecule has 0 bridgehead atoms. The van der Waals surface area contributed by atoms with Crippen LogP contribution < -0.4 is 5.73 Å². The predicted molar refractivity (Wildman–Crippen MR) is 70.2 cm³/mol. The summed E-state index contributed by atoms with van der Waals surface area (Å²) in [6.07, 6.45) is 2.63. The largest absolute Gasteiger partial charge is 0.334 e. The lowest BCUT2D eigenvalue weighted by molar-refractivity contribution is 0.422. The number of benzene rings is 1. The summed E-state index contributed by atoms with van der Waals surface area (Å²) >= 11 is 0. The van der Waals surface area contributed by atoms with Gasteiger partial charge in [-0.05, 0) is 37.2 Å². The van der Waals surface area contributed by atoms with Crippen molar-refractivity contribution in [1.29, 1.82) is 0 Å². The first-order chi connectivity index (χ1) is 9.00. The van der Waals surface area contributed by atoms with E-state index in [0.29, 0.717) is 30.2 Å². The third-order valence-electron chi connectivity index (χ3n) is 2.60. The topological polar surface area (TPSA) is 99.1 Å². The summed E-state index contributed by atoms with van der Waals surface area (Å²) in [5.41, 5.74) is 6.10. The number of rotatable bonds is 5. The molecule has 2 rings (SSSR count). The molecule has 7 heteroatoms. The second-order valence-electron chi connectivity index (χ2n) is 4.20. The minimum atomic E-state index is -3.19. The lowest BCUT2D eigenvalue weighted by Gasteiger charge is -1.98. The van der Waals surface area contributed by atoms with Crippen molar-refractivity contribution in [3.8, 4) is 11.5 Å². The molecule has 0 unspecified atom stereocenters. The number of aromatic nitrogens is 2. The lowest BCUT2D eigenvalue weighted by Crippen LogP contribution is -2.01. The van der Waals surface area contributed by atoms with E-state index in [1.54, 1.807) is 12.1 Å². The quantitative estimate of drug-likeness (QED) is 0.878. The fraction of sp³-hybridized carbons (Fsp3) is 0.333. The average molecular weight is 281 g/mol. The van der Waals surface area contributed by atoms with Gasteiger partial charge in [0.1, 0.15) is 0 Å². The Labute approximate surface area is 111 Å². The van der Waals surface area contributed by atoms with Gasteiger partial charge in [0.15, 0.2) is 15.7 Å². The van der Waals surface area contributed by atoms with E-state index in [1.807, 2.05) is 0 Å². The molecule has 0 aliphatic heterocycles. The van der Waals surface area contributed by atoms with Crippen LogP contribution in [0.15, 0.2) is 33.7 Å². The first kappa shape index (κ1) is 13.7. The third-order valence-corrected chi connectivity index (χ3v) is 3.73. The molecule has 1 heterocycles. The highest BCUT2D eigenvalue weighted by atomic mass is 32.2. The molecular weight excluding hydrogens is 266 g/mol. The maximum absolute atomic E-state index is 11.3. The van der Waals surface area contributed by atoms with Gasteiger partial charge >= 0.3 is 0 Å². The van der Waals surface area contributed by atoms with Crippen molar-refractivity contribution in [3.63, 3.8) is 0 Å².